The number of thioether (sulfide) groups is 1. The Morgan fingerprint density at radius 2 is 1.67 bits per heavy atom. The van der Waals surface area contributed by atoms with E-state index in [9.17, 15) is 4.79 Å². The lowest BCUT2D eigenvalue weighted by Gasteiger charge is -2.08. The number of anilines is 1. The zero-order chi connectivity index (χ0) is 20.8. The summed E-state index contributed by atoms with van der Waals surface area (Å²) in [5.41, 5.74) is 1.44. The third-order valence-electron chi connectivity index (χ3n) is 3.96. The normalized spacial score (nSPS) is 10.6. The van der Waals surface area contributed by atoms with Crippen molar-refractivity contribution in [1.29, 1.82) is 0 Å². The van der Waals surface area contributed by atoms with E-state index in [1.807, 2.05) is 42.5 Å². The number of benzene rings is 3. The van der Waals surface area contributed by atoms with Gasteiger partial charge >= 0.3 is 0 Å². The highest BCUT2D eigenvalue weighted by molar-refractivity contribution is 7.99. The fourth-order valence-electron chi connectivity index (χ4n) is 2.57. The smallest absolute Gasteiger partial charge is 0.234 e. The molecular weight excluding hydrogens is 422 g/mol. The van der Waals surface area contributed by atoms with E-state index in [2.05, 4.69) is 20.8 Å². The van der Waals surface area contributed by atoms with Crippen molar-refractivity contribution in [3.8, 4) is 17.2 Å². The van der Waals surface area contributed by atoms with Crippen molar-refractivity contribution < 1.29 is 9.53 Å². The number of hydrogen-bond donors (Lipinski definition) is 1. The molecule has 1 heterocycles. The second-order valence-corrected chi connectivity index (χ2v) is 7.50. The van der Waals surface area contributed by atoms with E-state index in [0.29, 0.717) is 21.6 Å². The van der Waals surface area contributed by atoms with E-state index in [-0.39, 0.29) is 11.7 Å². The number of para-hydroxylation sites is 1. The average molecular weight is 438 g/mol. The molecule has 1 aromatic heterocycles. The Morgan fingerprint density at radius 3 is 2.40 bits per heavy atom. The Bertz CT molecular complexity index is 1120. The van der Waals surface area contributed by atoms with Crippen LogP contribution in [0.25, 0.3) is 5.69 Å². The van der Waals surface area contributed by atoms with Crippen molar-refractivity contribution in [2.24, 2.45) is 0 Å². The number of nitrogens with one attached hydrogen (secondary N) is 1. The number of hydrogen-bond acceptors (Lipinski definition) is 6. The lowest BCUT2D eigenvalue weighted by atomic mass is 10.3. The number of nitrogens with zero attached hydrogens (tertiary/aromatic N) is 4. The summed E-state index contributed by atoms with van der Waals surface area (Å²) in [4.78, 5) is 12.3. The van der Waals surface area contributed by atoms with Gasteiger partial charge in [0.05, 0.1) is 11.4 Å². The zero-order valence-electron chi connectivity index (χ0n) is 15.6. The standard InChI is InChI=1S/C21H16ClN5O2S/c22-15-6-10-17(11-7-15)27-21(24-25-26-27)30-14-20(28)23-16-8-12-19(13-9-16)29-18-4-2-1-3-5-18/h1-13H,14H2,(H,23,28). The number of rotatable bonds is 7. The summed E-state index contributed by atoms with van der Waals surface area (Å²) in [7, 11) is 0. The number of aromatic nitrogens is 4. The predicted octanol–water partition coefficient (Wildman–Crippen LogP) is 4.84. The van der Waals surface area contributed by atoms with Crippen molar-refractivity contribution in [3.63, 3.8) is 0 Å². The van der Waals surface area contributed by atoms with Crippen LogP contribution in [0.15, 0.2) is 84.0 Å². The number of ether oxygens (including phenoxy) is 1. The van der Waals surface area contributed by atoms with Crippen molar-refractivity contribution in [2.75, 3.05) is 11.1 Å². The van der Waals surface area contributed by atoms with Gasteiger partial charge in [-0.2, -0.15) is 4.68 Å². The van der Waals surface area contributed by atoms with E-state index in [1.165, 1.54) is 11.8 Å². The third-order valence-corrected chi connectivity index (χ3v) is 5.13. The first-order valence-corrected chi connectivity index (χ1v) is 10.3. The monoisotopic (exact) mass is 437 g/mol. The predicted molar refractivity (Wildman–Crippen MR) is 116 cm³/mol. The molecule has 7 nitrogen and oxygen atoms in total. The van der Waals surface area contributed by atoms with Gasteiger partial charge in [0.1, 0.15) is 11.5 Å². The number of halogens is 1. The minimum atomic E-state index is -0.164. The molecule has 0 aliphatic heterocycles. The first-order valence-electron chi connectivity index (χ1n) is 8.97. The van der Waals surface area contributed by atoms with Crippen molar-refractivity contribution in [3.05, 3.63) is 83.9 Å². The van der Waals surface area contributed by atoms with Crippen molar-refractivity contribution in [2.45, 2.75) is 5.16 Å². The van der Waals surface area contributed by atoms with Crippen molar-refractivity contribution >= 4 is 35.0 Å². The van der Waals surface area contributed by atoms with Gasteiger partial charge in [-0.15, -0.1) is 5.10 Å². The number of tetrazole rings is 1. The van der Waals surface area contributed by atoms with Gasteiger partial charge in [-0.3, -0.25) is 4.79 Å². The molecule has 0 bridgehead atoms. The molecule has 0 fully saturated rings. The molecule has 0 aliphatic rings. The minimum Gasteiger partial charge on any atom is -0.457 e. The highest BCUT2D eigenvalue weighted by Gasteiger charge is 2.12. The highest BCUT2D eigenvalue weighted by Crippen LogP contribution is 2.23. The maximum atomic E-state index is 12.3. The summed E-state index contributed by atoms with van der Waals surface area (Å²) in [5, 5.41) is 15.6. The minimum absolute atomic E-state index is 0.163. The lowest BCUT2D eigenvalue weighted by Crippen LogP contribution is -2.14. The van der Waals surface area contributed by atoms with Gasteiger partial charge in [0.25, 0.3) is 0 Å². The highest BCUT2D eigenvalue weighted by atomic mass is 35.5. The van der Waals surface area contributed by atoms with Gasteiger partial charge < -0.3 is 10.1 Å². The van der Waals surface area contributed by atoms with Crippen LogP contribution in [0.3, 0.4) is 0 Å². The van der Waals surface area contributed by atoms with Crippen LogP contribution in [0.1, 0.15) is 0 Å². The molecule has 0 aliphatic carbocycles. The molecule has 1 amide bonds. The van der Waals surface area contributed by atoms with Crippen LogP contribution in [0, 0.1) is 0 Å². The molecule has 9 heteroatoms. The first kappa shape index (κ1) is 19.9. The van der Waals surface area contributed by atoms with Crippen LogP contribution in [0.5, 0.6) is 11.5 Å². The van der Waals surface area contributed by atoms with Gasteiger partial charge in [-0.25, -0.2) is 0 Å². The van der Waals surface area contributed by atoms with Crippen LogP contribution < -0.4 is 10.1 Å². The van der Waals surface area contributed by atoms with Gasteiger partial charge in [-0.1, -0.05) is 41.6 Å². The molecule has 1 N–H and O–H groups in total. The Balaban J connectivity index is 1.32. The molecule has 4 aromatic rings. The maximum absolute atomic E-state index is 12.3. The summed E-state index contributed by atoms with van der Waals surface area (Å²) >= 11 is 7.16. The van der Waals surface area contributed by atoms with Crippen LogP contribution in [0.2, 0.25) is 5.02 Å². The number of amides is 1. The maximum Gasteiger partial charge on any atom is 0.234 e. The van der Waals surface area contributed by atoms with E-state index in [4.69, 9.17) is 16.3 Å². The van der Waals surface area contributed by atoms with E-state index in [0.717, 1.165) is 11.4 Å². The summed E-state index contributed by atoms with van der Waals surface area (Å²) in [6.07, 6.45) is 0. The molecule has 0 spiro atoms. The van der Waals surface area contributed by atoms with Crippen LogP contribution in [0.4, 0.5) is 5.69 Å². The molecule has 0 atom stereocenters. The second kappa shape index (κ2) is 9.43. The molecular formula is C21H16ClN5O2S. The van der Waals surface area contributed by atoms with E-state index < -0.39 is 0 Å². The third kappa shape index (κ3) is 5.16. The number of carbonyl (C=O) groups excluding carboxylic acids is 1. The van der Waals surface area contributed by atoms with Crippen LogP contribution in [-0.4, -0.2) is 31.9 Å². The molecule has 4 rings (SSSR count). The second-order valence-electron chi connectivity index (χ2n) is 6.13. The molecule has 30 heavy (non-hydrogen) atoms. The Kier molecular flexibility index (Phi) is 6.26. The summed E-state index contributed by atoms with van der Waals surface area (Å²) < 4.78 is 7.31. The summed E-state index contributed by atoms with van der Waals surface area (Å²) in [5.74, 6) is 1.44. The van der Waals surface area contributed by atoms with E-state index >= 15 is 0 Å². The Labute approximate surface area is 182 Å². The Hall–Kier alpha value is -3.36. The SMILES string of the molecule is O=C(CSc1nnnn1-c1ccc(Cl)cc1)Nc1ccc(Oc2ccccc2)cc1. The fraction of sp³-hybridized carbons (Fsp3) is 0.0476. The topological polar surface area (TPSA) is 81.9 Å². The van der Waals surface area contributed by atoms with E-state index in [1.54, 1.807) is 41.1 Å². The largest absolute Gasteiger partial charge is 0.457 e. The van der Waals surface area contributed by atoms with Crippen LogP contribution >= 0.6 is 23.4 Å². The van der Waals surface area contributed by atoms with Gasteiger partial charge in [-0.05, 0) is 71.1 Å². The molecule has 150 valence electrons. The molecule has 0 saturated carbocycles. The Morgan fingerprint density at radius 1 is 0.967 bits per heavy atom. The molecule has 0 radical (unpaired) electrons. The van der Waals surface area contributed by atoms with Gasteiger partial charge in [0.2, 0.25) is 11.1 Å². The van der Waals surface area contributed by atoms with Crippen LogP contribution in [-0.2, 0) is 4.79 Å². The molecule has 0 saturated heterocycles. The molecule has 0 unspecified atom stereocenters. The molecule has 3 aromatic carbocycles. The van der Waals surface area contributed by atoms with Gasteiger partial charge in [0, 0.05) is 10.7 Å². The zero-order valence-corrected chi connectivity index (χ0v) is 17.2. The fourth-order valence-corrected chi connectivity index (χ4v) is 3.39. The van der Waals surface area contributed by atoms with Gasteiger partial charge in [0.15, 0.2) is 0 Å². The lowest BCUT2D eigenvalue weighted by molar-refractivity contribution is -0.113. The quantitative estimate of drug-likeness (QED) is 0.416. The summed E-state index contributed by atoms with van der Waals surface area (Å²) in [6.45, 7) is 0. The first-order chi connectivity index (χ1) is 14.7. The van der Waals surface area contributed by atoms with Crippen molar-refractivity contribution in [1.82, 2.24) is 20.2 Å². The number of carbonyl (C=O) groups is 1. The average Bonchev–Trinajstić information content (AvgIpc) is 3.24. The summed E-state index contributed by atoms with van der Waals surface area (Å²) in [6, 6.07) is 23.8.